The van der Waals surface area contributed by atoms with Crippen molar-refractivity contribution in [2.24, 2.45) is 11.3 Å². The Balaban J connectivity index is 2.17. The first-order valence-corrected chi connectivity index (χ1v) is 10.5. The van der Waals surface area contributed by atoms with Crippen LogP contribution in [-0.2, 0) is 4.43 Å². The molecule has 0 aromatic rings. The Morgan fingerprint density at radius 3 is 2.47 bits per heavy atom. The van der Waals surface area contributed by atoms with Gasteiger partial charge in [0, 0.05) is 5.41 Å². The Morgan fingerprint density at radius 1 is 1.26 bits per heavy atom. The van der Waals surface area contributed by atoms with Gasteiger partial charge in [0.1, 0.15) is 0 Å². The summed E-state index contributed by atoms with van der Waals surface area (Å²) in [5.74, 6) is 0.488. The molecule has 110 valence electrons. The topological polar surface area (TPSA) is 29.5 Å². The van der Waals surface area contributed by atoms with Crippen LogP contribution in [0.5, 0.6) is 0 Å². The standard InChI is InChI=1S/C16H30O2Si/c1-15(2,3)19(5,6)18-13-8-7-11-16(4)12(13)9-10-14(16)17/h7,11-14,17H,8-10H2,1-6H3/t12-,13-,14-,16-/m0/s1. The van der Waals surface area contributed by atoms with Crippen molar-refractivity contribution in [1.82, 2.24) is 0 Å². The van der Waals surface area contributed by atoms with Crippen LogP contribution < -0.4 is 0 Å². The summed E-state index contributed by atoms with van der Waals surface area (Å²) in [6.45, 7) is 13.7. The molecular weight excluding hydrogens is 252 g/mol. The lowest BCUT2D eigenvalue weighted by molar-refractivity contribution is 0.0153. The molecule has 19 heavy (non-hydrogen) atoms. The fraction of sp³-hybridized carbons (Fsp3) is 0.875. The van der Waals surface area contributed by atoms with E-state index in [2.05, 4.69) is 52.9 Å². The highest BCUT2D eigenvalue weighted by atomic mass is 28.4. The van der Waals surface area contributed by atoms with Gasteiger partial charge in [-0.15, -0.1) is 0 Å². The molecule has 0 bridgehead atoms. The molecule has 1 saturated carbocycles. The minimum absolute atomic E-state index is 0.0642. The highest BCUT2D eigenvalue weighted by molar-refractivity contribution is 6.74. The van der Waals surface area contributed by atoms with E-state index < -0.39 is 8.32 Å². The zero-order chi connectivity index (χ0) is 14.5. The number of fused-ring (bicyclic) bond motifs is 1. The summed E-state index contributed by atoms with van der Waals surface area (Å²) in [4.78, 5) is 0. The normalized spacial score (nSPS) is 39.4. The van der Waals surface area contributed by atoms with Gasteiger partial charge in [-0.2, -0.15) is 0 Å². The zero-order valence-corrected chi connectivity index (χ0v) is 14.4. The summed E-state index contributed by atoms with van der Waals surface area (Å²) < 4.78 is 6.65. The molecule has 4 atom stereocenters. The van der Waals surface area contributed by atoms with Crippen molar-refractivity contribution >= 4 is 8.32 Å². The number of aliphatic hydroxyl groups is 1. The molecule has 2 aliphatic carbocycles. The van der Waals surface area contributed by atoms with Gasteiger partial charge in [0.05, 0.1) is 12.2 Å². The van der Waals surface area contributed by atoms with Crippen molar-refractivity contribution in [3.63, 3.8) is 0 Å². The summed E-state index contributed by atoms with van der Waals surface area (Å²) in [6, 6.07) is 0. The van der Waals surface area contributed by atoms with Crippen molar-refractivity contribution in [3.05, 3.63) is 12.2 Å². The highest BCUT2D eigenvalue weighted by Gasteiger charge is 2.51. The molecule has 1 N–H and O–H groups in total. The largest absolute Gasteiger partial charge is 0.413 e. The molecule has 0 radical (unpaired) electrons. The van der Waals surface area contributed by atoms with E-state index in [-0.39, 0.29) is 16.6 Å². The third kappa shape index (κ3) is 2.57. The van der Waals surface area contributed by atoms with Crippen LogP contribution in [-0.4, -0.2) is 25.6 Å². The maximum absolute atomic E-state index is 10.3. The smallest absolute Gasteiger partial charge is 0.192 e. The summed E-state index contributed by atoms with van der Waals surface area (Å²) in [6.07, 6.45) is 7.60. The summed E-state index contributed by atoms with van der Waals surface area (Å²) in [7, 11) is -1.72. The van der Waals surface area contributed by atoms with E-state index in [0.29, 0.717) is 12.0 Å². The average Bonchev–Trinajstić information content (AvgIpc) is 2.54. The van der Waals surface area contributed by atoms with Gasteiger partial charge in [0.15, 0.2) is 8.32 Å². The molecule has 0 spiro atoms. The molecular formula is C16H30O2Si. The maximum atomic E-state index is 10.3. The van der Waals surface area contributed by atoms with Crippen LogP contribution in [0, 0.1) is 11.3 Å². The molecule has 2 nitrogen and oxygen atoms in total. The lowest BCUT2D eigenvalue weighted by atomic mass is 9.71. The number of hydrogen-bond acceptors (Lipinski definition) is 2. The van der Waals surface area contributed by atoms with Crippen LogP contribution in [0.15, 0.2) is 12.2 Å². The van der Waals surface area contributed by atoms with E-state index >= 15 is 0 Å². The Bertz CT molecular complexity index is 369. The van der Waals surface area contributed by atoms with Crippen molar-refractivity contribution in [2.45, 2.75) is 77.3 Å². The van der Waals surface area contributed by atoms with Crippen molar-refractivity contribution in [1.29, 1.82) is 0 Å². The summed E-state index contributed by atoms with van der Waals surface area (Å²) >= 11 is 0. The van der Waals surface area contributed by atoms with Gasteiger partial charge in [-0.3, -0.25) is 0 Å². The molecule has 2 aliphatic rings. The lowest BCUT2D eigenvalue weighted by Gasteiger charge is -2.45. The fourth-order valence-electron chi connectivity index (χ4n) is 3.33. The molecule has 0 heterocycles. The molecule has 0 amide bonds. The van der Waals surface area contributed by atoms with E-state index in [1.54, 1.807) is 0 Å². The quantitative estimate of drug-likeness (QED) is 0.610. The van der Waals surface area contributed by atoms with Crippen LogP contribution >= 0.6 is 0 Å². The summed E-state index contributed by atoms with van der Waals surface area (Å²) in [5, 5.41) is 10.5. The second kappa shape index (κ2) is 4.71. The lowest BCUT2D eigenvalue weighted by Crippen LogP contribution is -2.49. The van der Waals surface area contributed by atoms with E-state index in [4.69, 9.17) is 4.43 Å². The van der Waals surface area contributed by atoms with Gasteiger partial charge in [0.25, 0.3) is 0 Å². The Morgan fingerprint density at radius 2 is 1.89 bits per heavy atom. The van der Waals surface area contributed by atoms with Gasteiger partial charge in [-0.1, -0.05) is 39.8 Å². The van der Waals surface area contributed by atoms with Gasteiger partial charge in [-0.25, -0.2) is 0 Å². The maximum Gasteiger partial charge on any atom is 0.192 e. The van der Waals surface area contributed by atoms with E-state index in [0.717, 1.165) is 19.3 Å². The van der Waals surface area contributed by atoms with E-state index in [1.165, 1.54) is 0 Å². The van der Waals surface area contributed by atoms with Gasteiger partial charge < -0.3 is 9.53 Å². The molecule has 0 unspecified atom stereocenters. The first-order chi connectivity index (χ1) is 8.58. The molecule has 0 aromatic heterocycles. The minimum Gasteiger partial charge on any atom is -0.413 e. The second-order valence-electron chi connectivity index (χ2n) is 8.12. The molecule has 0 aromatic carbocycles. The van der Waals surface area contributed by atoms with Crippen molar-refractivity contribution in [2.75, 3.05) is 0 Å². The summed E-state index contributed by atoms with van der Waals surface area (Å²) in [5.41, 5.74) is -0.0642. The number of hydrogen-bond donors (Lipinski definition) is 1. The van der Waals surface area contributed by atoms with Crippen molar-refractivity contribution < 1.29 is 9.53 Å². The Labute approximate surface area is 119 Å². The van der Waals surface area contributed by atoms with E-state index in [9.17, 15) is 5.11 Å². The monoisotopic (exact) mass is 282 g/mol. The first-order valence-electron chi connectivity index (χ1n) is 7.61. The third-order valence-corrected chi connectivity index (χ3v) is 10.3. The van der Waals surface area contributed by atoms with E-state index in [1.807, 2.05) is 0 Å². The fourth-order valence-corrected chi connectivity index (χ4v) is 4.70. The molecule has 1 fully saturated rings. The number of rotatable bonds is 2. The molecule has 0 aliphatic heterocycles. The molecule has 0 saturated heterocycles. The highest BCUT2D eigenvalue weighted by Crippen LogP contribution is 2.51. The van der Waals surface area contributed by atoms with Gasteiger partial charge >= 0.3 is 0 Å². The van der Waals surface area contributed by atoms with Crippen LogP contribution in [0.25, 0.3) is 0 Å². The molecule has 2 rings (SSSR count). The predicted molar refractivity (Wildman–Crippen MR) is 82.7 cm³/mol. The first kappa shape index (κ1) is 15.3. The second-order valence-corrected chi connectivity index (χ2v) is 12.9. The van der Waals surface area contributed by atoms with Crippen molar-refractivity contribution in [3.8, 4) is 0 Å². The van der Waals surface area contributed by atoms with Gasteiger partial charge in [-0.05, 0) is 43.3 Å². The number of aliphatic hydroxyl groups excluding tert-OH is 1. The Kier molecular flexibility index (Phi) is 3.79. The third-order valence-electron chi connectivity index (χ3n) is 5.81. The van der Waals surface area contributed by atoms with Crippen LogP contribution in [0.4, 0.5) is 0 Å². The Hall–Kier alpha value is -0.123. The van der Waals surface area contributed by atoms with Gasteiger partial charge in [0.2, 0.25) is 0 Å². The molecule has 3 heteroatoms. The van der Waals surface area contributed by atoms with Crippen LogP contribution in [0.3, 0.4) is 0 Å². The van der Waals surface area contributed by atoms with Crippen LogP contribution in [0.2, 0.25) is 18.1 Å². The SMILES string of the molecule is CC(C)(C)[Si](C)(C)O[C@H]1CC=C[C@]2(C)[C@@H](O)CC[C@@H]12. The predicted octanol–water partition coefficient (Wildman–Crippen LogP) is 4.11. The van der Waals surface area contributed by atoms with Crippen LogP contribution in [0.1, 0.15) is 47.0 Å². The minimum atomic E-state index is -1.72. The average molecular weight is 282 g/mol. The zero-order valence-electron chi connectivity index (χ0n) is 13.4.